The van der Waals surface area contributed by atoms with Gasteiger partial charge in [0.1, 0.15) is 0 Å². The molecule has 12 heavy (non-hydrogen) atoms. The van der Waals surface area contributed by atoms with Crippen molar-refractivity contribution in [2.75, 3.05) is 0 Å². The van der Waals surface area contributed by atoms with E-state index < -0.39 is 20.8 Å². The van der Waals surface area contributed by atoms with E-state index in [0.29, 0.717) is 0 Å². The van der Waals surface area contributed by atoms with Crippen molar-refractivity contribution in [2.24, 2.45) is 0 Å². The third kappa shape index (κ3) is 73.5. The van der Waals surface area contributed by atoms with Gasteiger partial charge in [-0.25, -0.2) is 5.26 Å². The van der Waals surface area contributed by atoms with Gasteiger partial charge in [0.25, 0.3) is 0 Å². The molecule has 0 aromatic carbocycles. The van der Waals surface area contributed by atoms with Crippen LogP contribution in [0, 0.1) is 0 Å². The van der Waals surface area contributed by atoms with Gasteiger partial charge < -0.3 is 1.43 Å². The Balaban J connectivity index is -0.0000000546. The molecule has 0 fully saturated rings. The zero-order chi connectivity index (χ0) is 9.71. The fourth-order valence-electron chi connectivity index (χ4n) is 0. The molecule has 0 aliphatic heterocycles. The van der Waals surface area contributed by atoms with Crippen molar-refractivity contribution in [3.05, 3.63) is 0 Å². The average Bonchev–Trinajstić information content (AvgIpc) is 1.59. The molecule has 0 aliphatic carbocycles. The van der Waals surface area contributed by atoms with Crippen molar-refractivity contribution in [3.63, 3.8) is 0 Å². The molecule has 0 atom stereocenters. The second kappa shape index (κ2) is 7.14. The summed E-state index contributed by atoms with van der Waals surface area (Å²) in [5.74, 6) is 0. The van der Waals surface area contributed by atoms with E-state index in [1.54, 1.807) is 0 Å². The van der Waals surface area contributed by atoms with E-state index in [4.69, 9.17) is 35.8 Å². The summed E-state index contributed by atoms with van der Waals surface area (Å²) in [5.41, 5.74) is 0. The van der Waals surface area contributed by atoms with Crippen molar-refractivity contribution in [2.45, 2.75) is 0 Å². The number of rotatable bonds is 1. The van der Waals surface area contributed by atoms with Gasteiger partial charge >= 0.3 is 50.4 Å². The fourth-order valence-corrected chi connectivity index (χ4v) is 0. The zero-order valence-corrected chi connectivity index (χ0v) is 9.28. The topological polar surface area (TPSA) is 158 Å². The summed E-state index contributed by atoms with van der Waals surface area (Å²) < 4.78 is 59.5. The molecule has 72 valence electrons. The molecule has 0 radical (unpaired) electrons. The van der Waals surface area contributed by atoms with Crippen LogP contribution in [-0.2, 0) is 25.1 Å². The summed E-state index contributed by atoms with van der Waals surface area (Å²) in [4.78, 5) is 0. The van der Waals surface area contributed by atoms with Gasteiger partial charge in [0.15, 0.2) is 0 Å². The number of hydrogen-bond acceptors (Lipinski definition) is 6. The van der Waals surface area contributed by atoms with E-state index in [1.165, 1.54) is 0 Å². The van der Waals surface area contributed by atoms with Crippen LogP contribution in [0.5, 0.6) is 0 Å². The standard InChI is InChI=1S/Na.H2O5S.H2O4S.H/c;1-5-6(2,3)4;1-5(2,3)4;/h;1H,(H,2,3,4);(H2,1,2,3,4);/q+1;;;-1. The summed E-state index contributed by atoms with van der Waals surface area (Å²) in [7, 11) is -9.27. The molecule has 0 saturated carbocycles. The van der Waals surface area contributed by atoms with Crippen molar-refractivity contribution in [3.8, 4) is 0 Å². The predicted octanol–water partition coefficient (Wildman–Crippen LogP) is -4.26. The largest absolute Gasteiger partial charge is 1.00 e. The second-order valence-electron chi connectivity index (χ2n) is 0.950. The Morgan fingerprint density at radius 1 is 1.00 bits per heavy atom. The minimum Gasteiger partial charge on any atom is -1.00 e. The Kier molecular flexibility index (Phi) is 11.0. The molecule has 0 amide bonds. The fraction of sp³-hybridized carbons (Fsp3) is 0. The van der Waals surface area contributed by atoms with E-state index in [0.717, 1.165) is 0 Å². The van der Waals surface area contributed by atoms with Crippen molar-refractivity contribution < 1.29 is 71.1 Å². The first-order chi connectivity index (χ1) is 4.56. The van der Waals surface area contributed by atoms with Crippen molar-refractivity contribution in [1.82, 2.24) is 0 Å². The quantitative estimate of drug-likeness (QED) is 0.153. The van der Waals surface area contributed by atoms with Crippen LogP contribution < -0.4 is 29.6 Å². The van der Waals surface area contributed by atoms with Gasteiger partial charge in [-0.3, -0.25) is 13.7 Å². The molecule has 0 spiro atoms. The van der Waals surface area contributed by atoms with Gasteiger partial charge in [-0.15, -0.1) is 0 Å². The minimum atomic E-state index is -4.67. The van der Waals surface area contributed by atoms with Crippen LogP contribution >= 0.6 is 0 Å². The molecule has 0 heterocycles. The smallest absolute Gasteiger partial charge is 1.00 e. The van der Waals surface area contributed by atoms with Crippen molar-refractivity contribution >= 4 is 20.8 Å². The van der Waals surface area contributed by atoms with E-state index in [-0.39, 0.29) is 31.0 Å². The summed E-state index contributed by atoms with van der Waals surface area (Å²) in [5, 5.41) is 7.06. The summed E-state index contributed by atoms with van der Waals surface area (Å²) in [6.45, 7) is 0. The van der Waals surface area contributed by atoms with Crippen LogP contribution in [0.3, 0.4) is 0 Å². The molecule has 9 nitrogen and oxygen atoms in total. The molecule has 0 rings (SSSR count). The number of hydrogen-bond donors (Lipinski definition) is 4. The molecule has 0 unspecified atom stereocenters. The maximum Gasteiger partial charge on any atom is 1.00 e. The molecular weight excluding hydrogens is 231 g/mol. The van der Waals surface area contributed by atoms with Crippen LogP contribution in [0.2, 0.25) is 0 Å². The molecule has 0 bridgehead atoms. The Bertz CT molecular complexity index is 265. The molecule has 12 heteroatoms. The normalized spacial score (nSPS) is 10.7. The molecule has 0 aromatic rings. The summed E-state index contributed by atoms with van der Waals surface area (Å²) in [6, 6.07) is 0. The third-order valence-electron chi connectivity index (χ3n) is 0.0942. The van der Waals surface area contributed by atoms with Gasteiger partial charge in [0.05, 0.1) is 0 Å². The first-order valence-corrected chi connectivity index (χ1v) is 4.33. The van der Waals surface area contributed by atoms with E-state index in [1.807, 2.05) is 0 Å². The Hall–Kier alpha value is 0.700. The molecule has 0 aliphatic rings. The van der Waals surface area contributed by atoms with Crippen LogP contribution in [0.25, 0.3) is 0 Å². The Labute approximate surface area is 91.6 Å². The molecular formula is H5NaO9S2. The third-order valence-corrected chi connectivity index (χ3v) is 0.283. The predicted molar refractivity (Wildman–Crippen MR) is 30.6 cm³/mol. The van der Waals surface area contributed by atoms with E-state index in [2.05, 4.69) is 4.33 Å². The van der Waals surface area contributed by atoms with Gasteiger partial charge in [0, 0.05) is 0 Å². The van der Waals surface area contributed by atoms with Crippen LogP contribution in [0.4, 0.5) is 0 Å². The monoisotopic (exact) mass is 236 g/mol. The van der Waals surface area contributed by atoms with Crippen LogP contribution in [0.1, 0.15) is 1.43 Å². The van der Waals surface area contributed by atoms with E-state index in [9.17, 15) is 0 Å². The van der Waals surface area contributed by atoms with Crippen molar-refractivity contribution in [1.29, 1.82) is 0 Å². The minimum absolute atomic E-state index is 0. The van der Waals surface area contributed by atoms with Gasteiger partial charge in [-0.2, -0.15) is 16.8 Å². The second-order valence-corrected chi connectivity index (χ2v) is 2.85. The summed E-state index contributed by atoms with van der Waals surface area (Å²) in [6.07, 6.45) is 0. The first kappa shape index (κ1) is 18.5. The van der Waals surface area contributed by atoms with E-state index >= 15 is 0 Å². The summed E-state index contributed by atoms with van der Waals surface area (Å²) >= 11 is 0. The van der Waals surface area contributed by atoms with Gasteiger partial charge in [0.2, 0.25) is 0 Å². The first-order valence-electron chi connectivity index (χ1n) is 1.56. The van der Waals surface area contributed by atoms with Gasteiger partial charge in [-0.1, -0.05) is 4.33 Å². The zero-order valence-electron chi connectivity index (χ0n) is 6.65. The average molecular weight is 236 g/mol. The maximum absolute atomic E-state index is 9.08. The van der Waals surface area contributed by atoms with Gasteiger partial charge in [-0.05, 0) is 0 Å². The molecule has 0 aromatic heterocycles. The molecule has 4 N–H and O–H groups in total. The SMILES string of the molecule is O=S(=O)(O)O.O=S(=O)(O)OO.[H-].[Na+]. The Morgan fingerprint density at radius 3 is 1.08 bits per heavy atom. The maximum atomic E-state index is 9.08. The Morgan fingerprint density at radius 2 is 1.08 bits per heavy atom. The van der Waals surface area contributed by atoms with Crippen LogP contribution in [0.15, 0.2) is 0 Å². The molecule has 0 saturated heterocycles. The van der Waals surface area contributed by atoms with Crippen LogP contribution in [-0.4, -0.2) is 35.8 Å².